The quantitative estimate of drug-likeness (QED) is 0.167. The number of carbonyl (C=O) groups excluding carboxylic acids is 1. The van der Waals surface area contributed by atoms with Gasteiger partial charge in [0.1, 0.15) is 10.8 Å². The summed E-state index contributed by atoms with van der Waals surface area (Å²) < 4.78 is 26.6. The Bertz CT molecular complexity index is 2070. The fraction of sp³-hybridized carbons (Fsp3) is 0.171. The highest BCUT2D eigenvalue weighted by Crippen LogP contribution is 2.45. The van der Waals surface area contributed by atoms with Crippen LogP contribution in [0.15, 0.2) is 102 Å². The lowest BCUT2D eigenvalue weighted by molar-refractivity contribution is 0.101. The van der Waals surface area contributed by atoms with Crippen molar-refractivity contribution >= 4 is 54.5 Å². The van der Waals surface area contributed by atoms with Crippen LogP contribution in [0.2, 0.25) is 0 Å². The fourth-order valence-electron chi connectivity index (χ4n) is 5.42. The van der Waals surface area contributed by atoms with E-state index in [9.17, 15) is 18.4 Å². The van der Waals surface area contributed by atoms with Gasteiger partial charge < -0.3 is 0 Å². The molecule has 7 nitrogen and oxygen atoms in total. The largest absolute Gasteiger partial charge is 0.292 e. The number of aromatic nitrogens is 2. The Morgan fingerprint density at radius 1 is 0.955 bits per heavy atom. The van der Waals surface area contributed by atoms with Gasteiger partial charge in [-0.2, -0.15) is 4.31 Å². The molecule has 0 aliphatic rings. The van der Waals surface area contributed by atoms with Crippen molar-refractivity contribution in [2.75, 3.05) is 4.31 Å². The van der Waals surface area contributed by atoms with Gasteiger partial charge in [0, 0.05) is 27.6 Å². The Morgan fingerprint density at radius 3 is 2.41 bits per heavy atom. The maximum absolute atomic E-state index is 13.7. The Labute approximate surface area is 261 Å². The van der Waals surface area contributed by atoms with E-state index in [4.69, 9.17) is 4.98 Å². The minimum Gasteiger partial charge on any atom is -0.292 e. The van der Waals surface area contributed by atoms with Crippen LogP contribution in [0.25, 0.3) is 32.1 Å². The van der Waals surface area contributed by atoms with Crippen LogP contribution in [0, 0.1) is 6.92 Å². The summed E-state index contributed by atoms with van der Waals surface area (Å²) in [6.45, 7) is 4.46. The third-order valence-electron chi connectivity index (χ3n) is 7.65. The molecule has 0 aliphatic carbocycles. The smallest absolute Gasteiger partial charge is 0.272 e. The zero-order valence-corrected chi connectivity index (χ0v) is 26.0. The predicted molar refractivity (Wildman–Crippen MR) is 180 cm³/mol. The van der Waals surface area contributed by atoms with Gasteiger partial charge in [-0.1, -0.05) is 85.6 Å². The number of aryl methyl sites for hydroxylation is 2. The third-order valence-corrected chi connectivity index (χ3v) is 9.58. The molecule has 222 valence electrons. The average Bonchev–Trinajstić information content (AvgIpc) is 3.41. The number of rotatable bonds is 9. The predicted octanol–water partition coefficient (Wildman–Crippen LogP) is 7.76. The van der Waals surface area contributed by atoms with E-state index >= 15 is 0 Å². The number of anilines is 1. The van der Waals surface area contributed by atoms with Crippen LogP contribution in [0.3, 0.4) is 0 Å². The first kappa shape index (κ1) is 29.6. The lowest BCUT2D eigenvalue weighted by Crippen LogP contribution is -2.32. The second kappa shape index (κ2) is 12.7. The molecule has 1 N–H and O–H groups in total. The Balaban J connectivity index is 1.42. The molecule has 0 bridgehead atoms. The van der Waals surface area contributed by atoms with Crippen molar-refractivity contribution in [1.29, 1.82) is 0 Å². The van der Waals surface area contributed by atoms with E-state index in [1.54, 1.807) is 34.9 Å². The third kappa shape index (κ3) is 5.74. The van der Waals surface area contributed by atoms with Crippen molar-refractivity contribution in [3.05, 3.63) is 130 Å². The maximum Gasteiger partial charge on any atom is 0.272 e. The number of benzene rings is 4. The number of fused-ring (bicyclic) bond motifs is 2. The van der Waals surface area contributed by atoms with E-state index < -0.39 is 17.2 Å². The molecular formula is C35H31N3O4S2. The van der Waals surface area contributed by atoms with E-state index in [0.717, 1.165) is 49.7 Å². The number of hydrogen-bond donors (Lipinski definition) is 1. The molecule has 0 saturated carbocycles. The zero-order chi connectivity index (χ0) is 30.8. The molecule has 0 radical (unpaired) electrons. The minimum atomic E-state index is -2.60. The summed E-state index contributed by atoms with van der Waals surface area (Å²) in [5.41, 5.74) is 4.40. The monoisotopic (exact) mass is 621 g/mol. The Morgan fingerprint density at radius 2 is 1.68 bits per heavy atom. The number of amides is 1. The van der Waals surface area contributed by atoms with Gasteiger partial charge >= 0.3 is 0 Å². The molecule has 9 heteroatoms. The summed E-state index contributed by atoms with van der Waals surface area (Å²) in [5, 5.41) is 1.88. The molecular weight excluding hydrogens is 591 g/mol. The van der Waals surface area contributed by atoms with Gasteiger partial charge in [-0.15, -0.1) is 11.3 Å². The van der Waals surface area contributed by atoms with Crippen LogP contribution in [-0.4, -0.2) is 24.2 Å². The first-order chi connectivity index (χ1) is 21.4. The van der Waals surface area contributed by atoms with E-state index in [1.165, 1.54) is 11.3 Å². The number of thiophene rings is 1. The highest BCUT2D eigenvalue weighted by atomic mass is 32.2. The maximum atomic E-state index is 13.7. The SMILES string of the molecule is CCCCc1nc2ccc(C)cc2c(=O)n1Cc1ccc(-c2c(N(C(=O)c3ccccc3)S(=O)O)sc3ccccc23)cc1. The van der Waals surface area contributed by atoms with Crippen molar-refractivity contribution in [3.8, 4) is 11.1 Å². The van der Waals surface area contributed by atoms with Crippen molar-refractivity contribution < 1.29 is 13.6 Å². The van der Waals surface area contributed by atoms with Gasteiger partial charge in [0.05, 0.1) is 17.4 Å². The van der Waals surface area contributed by atoms with Crippen LogP contribution >= 0.6 is 11.3 Å². The molecule has 0 fully saturated rings. The lowest BCUT2D eigenvalue weighted by Gasteiger charge is -2.19. The van der Waals surface area contributed by atoms with E-state index in [0.29, 0.717) is 40.0 Å². The zero-order valence-electron chi connectivity index (χ0n) is 24.4. The van der Waals surface area contributed by atoms with Crippen molar-refractivity contribution in [2.45, 2.75) is 39.7 Å². The van der Waals surface area contributed by atoms with Crippen LogP contribution in [0.4, 0.5) is 5.00 Å². The number of hydrogen-bond acceptors (Lipinski definition) is 5. The Kier molecular flexibility index (Phi) is 8.52. The normalized spacial score (nSPS) is 12.1. The summed E-state index contributed by atoms with van der Waals surface area (Å²) >= 11 is -1.30. The number of nitrogens with zero attached hydrogens (tertiary/aromatic N) is 3. The standard InChI is InChI=1S/C35H31N3O4S2/c1-3-4-14-31-36-29-20-15-23(2)21-28(29)34(40)37(31)22-24-16-18-25(19-17-24)32-27-12-8-9-13-30(27)43-35(32)38(44(41)42)33(39)26-10-6-5-7-11-26/h5-13,15-21H,3-4,14,22H2,1-2H3,(H,41,42). The summed E-state index contributed by atoms with van der Waals surface area (Å²) in [4.78, 5) is 32.0. The fourth-order valence-corrected chi connectivity index (χ4v) is 7.33. The second-order valence-corrected chi connectivity index (χ2v) is 12.6. The molecule has 44 heavy (non-hydrogen) atoms. The highest BCUT2D eigenvalue weighted by Gasteiger charge is 2.29. The van der Waals surface area contributed by atoms with Crippen LogP contribution in [-0.2, 0) is 24.2 Å². The van der Waals surface area contributed by atoms with Crippen LogP contribution < -0.4 is 9.86 Å². The first-order valence-corrected chi connectivity index (χ1v) is 16.3. The minimum absolute atomic E-state index is 0.0551. The molecule has 0 saturated heterocycles. The molecule has 1 amide bonds. The molecule has 1 unspecified atom stereocenters. The van der Waals surface area contributed by atoms with Gasteiger partial charge in [0.25, 0.3) is 22.7 Å². The molecule has 6 aromatic rings. The van der Waals surface area contributed by atoms with Crippen molar-refractivity contribution in [3.63, 3.8) is 0 Å². The summed E-state index contributed by atoms with van der Waals surface area (Å²) in [6.07, 6.45) is 2.64. The molecule has 1 atom stereocenters. The van der Waals surface area contributed by atoms with Crippen molar-refractivity contribution in [1.82, 2.24) is 9.55 Å². The molecule has 0 spiro atoms. The number of carbonyl (C=O) groups is 1. The van der Waals surface area contributed by atoms with Crippen molar-refractivity contribution in [2.24, 2.45) is 0 Å². The van der Waals surface area contributed by atoms with Gasteiger partial charge in [0.15, 0.2) is 0 Å². The topological polar surface area (TPSA) is 92.5 Å². The first-order valence-electron chi connectivity index (χ1n) is 14.5. The van der Waals surface area contributed by atoms with Gasteiger partial charge in [0.2, 0.25) is 0 Å². The number of unbranched alkanes of at least 4 members (excludes halogenated alkanes) is 1. The second-order valence-electron chi connectivity index (χ2n) is 10.7. The molecule has 4 aromatic carbocycles. The molecule has 6 rings (SSSR count). The van der Waals surface area contributed by atoms with Crippen LogP contribution in [0.1, 0.15) is 47.1 Å². The van der Waals surface area contributed by atoms with E-state index in [-0.39, 0.29) is 5.56 Å². The molecule has 2 aromatic heterocycles. The van der Waals surface area contributed by atoms with Gasteiger partial charge in [-0.25, -0.2) is 9.19 Å². The average molecular weight is 622 g/mol. The summed E-state index contributed by atoms with van der Waals surface area (Å²) in [6, 6.07) is 29.8. The van der Waals surface area contributed by atoms with E-state index in [2.05, 4.69) is 6.92 Å². The Hall–Kier alpha value is -4.44. The summed E-state index contributed by atoms with van der Waals surface area (Å²) in [5.74, 6) is 0.206. The van der Waals surface area contributed by atoms with Gasteiger partial charge in [-0.3, -0.25) is 18.7 Å². The molecule has 0 aliphatic heterocycles. The molecule has 2 heterocycles. The highest BCUT2D eigenvalue weighted by molar-refractivity contribution is 7.82. The van der Waals surface area contributed by atoms with Gasteiger partial charge in [-0.05, 0) is 54.8 Å². The van der Waals surface area contributed by atoms with E-state index in [1.807, 2.05) is 73.7 Å². The summed E-state index contributed by atoms with van der Waals surface area (Å²) in [7, 11) is 0. The lowest BCUT2D eigenvalue weighted by atomic mass is 10.0. The van der Waals surface area contributed by atoms with Crippen LogP contribution in [0.5, 0.6) is 0 Å².